The van der Waals surface area contributed by atoms with E-state index in [1.54, 1.807) is 11.6 Å². The van der Waals surface area contributed by atoms with E-state index in [2.05, 4.69) is 16.4 Å². The summed E-state index contributed by atoms with van der Waals surface area (Å²) in [4.78, 5) is 21.0. The van der Waals surface area contributed by atoms with Gasteiger partial charge in [-0.3, -0.25) is 9.27 Å². The Labute approximate surface area is 204 Å². The Hall–Kier alpha value is -3.32. The minimum absolute atomic E-state index is 0.186. The van der Waals surface area contributed by atoms with Crippen LogP contribution < -0.4 is 10.0 Å². The van der Waals surface area contributed by atoms with Gasteiger partial charge in [0.25, 0.3) is 0 Å². The quantitative estimate of drug-likeness (QED) is 0.220. The molecule has 0 aliphatic carbocycles. The number of carbonyl (C=O) groups is 1. The molecule has 2 heterocycles. The van der Waals surface area contributed by atoms with Gasteiger partial charge < -0.3 is 10.1 Å². The molecule has 0 aliphatic heterocycles. The van der Waals surface area contributed by atoms with Crippen molar-refractivity contribution in [1.82, 2.24) is 9.97 Å². The summed E-state index contributed by atoms with van der Waals surface area (Å²) in [6.45, 7) is 0. The Morgan fingerprint density at radius 1 is 1.21 bits per heavy atom. The zero-order valence-corrected chi connectivity index (χ0v) is 20.2. The van der Waals surface area contributed by atoms with Crippen LogP contribution in [0.5, 0.6) is 0 Å². The molecule has 34 heavy (non-hydrogen) atoms. The molecule has 1 unspecified atom stereocenters. The van der Waals surface area contributed by atoms with Gasteiger partial charge in [-0.2, -0.15) is 8.42 Å². The molecule has 0 amide bonds. The van der Waals surface area contributed by atoms with Gasteiger partial charge in [-0.25, -0.2) is 14.8 Å². The fourth-order valence-electron chi connectivity index (χ4n) is 3.15. The lowest BCUT2D eigenvalue weighted by Crippen LogP contribution is -2.16. The molecular weight excluding hydrogens is 496 g/mol. The first-order valence-corrected chi connectivity index (χ1v) is 13.1. The van der Waals surface area contributed by atoms with Crippen LogP contribution in [0.15, 0.2) is 59.4 Å². The van der Waals surface area contributed by atoms with Gasteiger partial charge in [0.1, 0.15) is 10.0 Å². The number of hydrogen-bond donors (Lipinski definition) is 3. The first-order chi connectivity index (χ1) is 16.3. The Bertz CT molecular complexity index is 1370. The predicted molar refractivity (Wildman–Crippen MR) is 132 cm³/mol. The third-order valence-electron chi connectivity index (χ3n) is 4.70. The highest BCUT2D eigenvalue weighted by Crippen LogP contribution is 2.32. The summed E-state index contributed by atoms with van der Waals surface area (Å²) in [6, 6.07) is 17.1. The lowest BCUT2D eigenvalue weighted by molar-refractivity contribution is 0.0596. The highest BCUT2D eigenvalue weighted by Gasteiger charge is 2.22. The summed E-state index contributed by atoms with van der Waals surface area (Å²) in [6.07, 6.45) is 0.433. The molecule has 0 spiro atoms. The van der Waals surface area contributed by atoms with Crippen LogP contribution in [0.1, 0.15) is 27.8 Å². The van der Waals surface area contributed by atoms with Crippen LogP contribution in [-0.4, -0.2) is 36.0 Å². The van der Waals surface area contributed by atoms with E-state index in [1.807, 2.05) is 40.4 Å². The fraction of sp³-hybridized carbons (Fsp3) is 0.136. The number of benzene rings is 2. The maximum atomic E-state index is 12.1. The first kappa shape index (κ1) is 23.8. The van der Waals surface area contributed by atoms with E-state index in [1.165, 1.54) is 41.9 Å². The molecule has 0 saturated heterocycles. The van der Waals surface area contributed by atoms with Crippen molar-refractivity contribution in [2.75, 3.05) is 17.1 Å². The maximum absolute atomic E-state index is 12.1. The van der Waals surface area contributed by atoms with Gasteiger partial charge in [-0.15, -0.1) is 22.7 Å². The van der Waals surface area contributed by atoms with E-state index in [4.69, 9.17) is 14.3 Å². The molecule has 4 aromatic rings. The summed E-state index contributed by atoms with van der Waals surface area (Å²) in [7, 11) is -3.07. The average molecular weight is 516 g/mol. The summed E-state index contributed by atoms with van der Waals surface area (Å²) in [5.41, 5.74) is 4.46. The highest BCUT2D eigenvalue weighted by atomic mass is 32.2. The molecule has 9 nitrogen and oxygen atoms in total. The minimum atomic E-state index is -4.37. The Morgan fingerprint density at radius 2 is 2.00 bits per heavy atom. The molecule has 1 atom stereocenters. The van der Waals surface area contributed by atoms with Crippen LogP contribution in [0.25, 0.3) is 10.6 Å². The van der Waals surface area contributed by atoms with Gasteiger partial charge in [0.15, 0.2) is 5.69 Å². The average Bonchev–Trinajstić information content (AvgIpc) is 3.49. The van der Waals surface area contributed by atoms with Crippen LogP contribution >= 0.6 is 22.7 Å². The number of aromatic nitrogens is 2. The summed E-state index contributed by atoms with van der Waals surface area (Å²) in [5, 5.41) is 6.71. The first-order valence-electron chi connectivity index (χ1n) is 9.87. The molecular formula is C22H19N4O5S3. The largest absolute Gasteiger partial charge is 0.464 e. The van der Waals surface area contributed by atoms with E-state index < -0.39 is 16.3 Å². The number of esters is 1. The van der Waals surface area contributed by atoms with E-state index in [0.717, 1.165) is 21.8 Å². The summed E-state index contributed by atoms with van der Waals surface area (Å²) in [5.74, 6) is -0.544. The highest BCUT2D eigenvalue weighted by molar-refractivity contribution is 7.87. The lowest BCUT2D eigenvalue weighted by atomic mass is 10.0. The topological polar surface area (TPSA) is 131 Å². The predicted octanol–water partition coefficient (Wildman–Crippen LogP) is 4.46. The van der Waals surface area contributed by atoms with Crippen LogP contribution in [0.4, 0.5) is 10.7 Å². The Morgan fingerprint density at radius 3 is 2.68 bits per heavy atom. The zero-order valence-electron chi connectivity index (χ0n) is 17.8. The van der Waals surface area contributed by atoms with Crippen molar-refractivity contribution in [3.63, 3.8) is 0 Å². The van der Waals surface area contributed by atoms with Gasteiger partial charge in [-0.05, 0) is 30.2 Å². The lowest BCUT2D eigenvalue weighted by Gasteiger charge is -2.18. The number of carbonyl (C=O) groups excluding carboxylic acids is 1. The molecule has 0 bridgehead atoms. The minimum Gasteiger partial charge on any atom is -0.464 e. The second kappa shape index (κ2) is 10.3. The van der Waals surface area contributed by atoms with Crippen molar-refractivity contribution in [2.45, 2.75) is 12.5 Å². The van der Waals surface area contributed by atoms with Crippen molar-refractivity contribution < 1.29 is 22.5 Å². The second-order valence-corrected chi connectivity index (χ2v) is 9.91. The van der Waals surface area contributed by atoms with Gasteiger partial charge >= 0.3 is 16.3 Å². The van der Waals surface area contributed by atoms with E-state index >= 15 is 0 Å². The third kappa shape index (κ3) is 5.97. The number of ether oxygens (including phenoxy) is 1. The molecule has 0 aliphatic rings. The fourth-order valence-corrected chi connectivity index (χ4v) is 5.18. The van der Waals surface area contributed by atoms with Crippen molar-refractivity contribution in [2.24, 2.45) is 0 Å². The number of nitrogens with zero attached hydrogens (tertiary/aromatic N) is 2. The number of nitrogens with one attached hydrogen (secondary N) is 2. The number of methoxy groups -OCH3 is 1. The van der Waals surface area contributed by atoms with Gasteiger partial charge in [0, 0.05) is 10.9 Å². The molecule has 2 aromatic heterocycles. The van der Waals surface area contributed by atoms with Crippen LogP contribution in [0.2, 0.25) is 0 Å². The standard InChI is InChI=1S/C22H19N4O5S3/c1-31-22(27)19-21(33-13-23-19)24-17(11-14-7-9-16(10-8-14)26-34(28,29)30)18-12-32-20(25-18)15-5-3-2-4-6-15/h2-7,9-10,12-13,17,24,26H,11H2,1H3,(H,28,29,30). The van der Waals surface area contributed by atoms with Crippen molar-refractivity contribution in [3.8, 4) is 10.6 Å². The van der Waals surface area contributed by atoms with E-state index in [-0.39, 0.29) is 17.4 Å². The number of thiazole rings is 2. The van der Waals surface area contributed by atoms with Crippen LogP contribution in [0.3, 0.4) is 0 Å². The van der Waals surface area contributed by atoms with Crippen LogP contribution in [0, 0.1) is 6.07 Å². The smallest absolute Gasteiger partial charge is 0.359 e. The molecule has 0 saturated carbocycles. The monoisotopic (exact) mass is 515 g/mol. The summed E-state index contributed by atoms with van der Waals surface area (Å²) < 4.78 is 37.8. The molecule has 4 rings (SSSR count). The molecule has 12 heteroatoms. The number of rotatable bonds is 9. The zero-order chi connectivity index (χ0) is 24.1. The second-order valence-electron chi connectivity index (χ2n) is 7.05. The maximum Gasteiger partial charge on any atom is 0.359 e. The molecule has 0 fully saturated rings. The van der Waals surface area contributed by atoms with E-state index in [9.17, 15) is 13.2 Å². The van der Waals surface area contributed by atoms with E-state index in [0.29, 0.717) is 11.4 Å². The molecule has 175 valence electrons. The van der Waals surface area contributed by atoms with Gasteiger partial charge in [-0.1, -0.05) is 36.4 Å². The molecule has 2 aromatic carbocycles. The van der Waals surface area contributed by atoms with Crippen molar-refractivity contribution >= 4 is 49.6 Å². The number of anilines is 2. The molecule has 1 radical (unpaired) electrons. The van der Waals surface area contributed by atoms with Crippen LogP contribution in [-0.2, 0) is 21.5 Å². The summed E-state index contributed by atoms with van der Waals surface area (Å²) >= 11 is 2.79. The van der Waals surface area contributed by atoms with Gasteiger partial charge in [0.05, 0.1) is 30.0 Å². The SMILES string of the molecule is COC(=O)c1ncsc1NC(Cc1[c]cc(NS(=O)(=O)O)cc1)c1csc(-c2ccccc2)n1. The Balaban J connectivity index is 1.63. The van der Waals surface area contributed by atoms with Crippen molar-refractivity contribution in [3.05, 3.63) is 82.4 Å². The van der Waals surface area contributed by atoms with Gasteiger partial charge in [0.2, 0.25) is 0 Å². The normalized spacial score (nSPS) is 12.2. The number of hydrogen-bond acceptors (Lipinski definition) is 9. The molecule has 3 N–H and O–H groups in total. The Kier molecular flexibility index (Phi) is 7.22. The third-order valence-corrected chi connectivity index (χ3v) is 6.86. The van der Waals surface area contributed by atoms with Crippen molar-refractivity contribution in [1.29, 1.82) is 0 Å².